The zero-order chi connectivity index (χ0) is 12.8. The summed E-state index contributed by atoms with van der Waals surface area (Å²) in [5.74, 6) is 1.91. The summed E-state index contributed by atoms with van der Waals surface area (Å²) >= 11 is 1.37. The Morgan fingerprint density at radius 2 is 2.17 bits per heavy atom. The van der Waals surface area contributed by atoms with E-state index in [1.165, 1.54) is 11.8 Å². The van der Waals surface area contributed by atoms with Gasteiger partial charge in [0.25, 0.3) is 5.22 Å². The highest BCUT2D eigenvalue weighted by molar-refractivity contribution is 7.98. The van der Waals surface area contributed by atoms with Gasteiger partial charge < -0.3 is 13.9 Å². The fraction of sp³-hybridized carbons (Fsp3) is 0.333. The van der Waals surface area contributed by atoms with Crippen molar-refractivity contribution >= 4 is 11.8 Å². The van der Waals surface area contributed by atoms with Crippen molar-refractivity contribution < 1.29 is 13.9 Å². The van der Waals surface area contributed by atoms with E-state index in [2.05, 4.69) is 10.2 Å². The van der Waals surface area contributed by atoms with E-state index in [0.717, 1.165) is 11.3 Å². The van der Waals surface area contributed by atoms with Gasteiger partial charge in [-0.25, -0.2) is 0 Å². The van der Waals surface area contributed by atoms with E-state index in [4.69, 9.17) is 13.9 Å². The summed E-state index contributed by atoms with van der Waals surface area (Å²) in [5.41, 5.74) is 1.07. The molecule has 6 heteroatoms. The molecular weight excluding hydrogens is 252 g/mol. The lowest BCUT2D eigenvalue weighted by atomic mass is 10.1. The maximum atomic E-state index is 5.48. The van der Waals surface area contributed by atoms with Crippen LogP contribution in [0, 0.1) is 0 Å². The van der Waals surface area contributed by atoms with Crippen LogP contribution < -0.4 is 4.74 Å². The highest BCUT2D eigenvalue weighted by atomic mass is 32.2. The zero-order valence-corrected chi connectivity index (χ0v) is 11.1. The first kappa shape index (κ1) is 12.9. The Morgan fingerprint density at radius 1 is 1.28 bits per heavy atom. The van der Waals surface area contributed by atoms with E-state index in [1.54, 1.807) is 14.2 Å². The number of hydrogen-bond donors (Lipinski definition) is 0. The third kappa shape index (κ3) is 3.48. The van der Waals surface area contributed by atoms with Crippen LogP contribution in [0.1, 0.15) is 11.5 Å². The van der Waals surface area contributed by atoms with E-state index in [9.17, 15) is 0 Å². The van der Waals surface area contributed by atoms with Crippen molar-refractivity contribution in [3.05, 3.63) is 35.7 Å². The summed E-state index contributed by atoms with van der Waals surface area (Å²) in [7, 11) is 3.27. The molecule has 0 bridgehead atoms. The predicted molar refractivity (Wildman–Crippen MR) is 67.8 cm³/mol. The average Bonchev–Trinajstić information content (AvgIpc) is 2.84. The van der Waals surface area contributed by atoms with Gasteiger partial charge in [-0.05, 0) is 29.5 Å². The number of hydrogen-bond acceptors (Lipinski definition) is 6. The van der Waals surface area contributed by atoms with Gasteiger partial charge in [-0.3, -0.25) is 0 Å². The normalized spacial score (nSPS) is 10.6. The van der Waals surface area contributed by atoms with Crippen LogP contribution in [0.15, 0.2) is 33.9 Å². The van der Waals surface area contributed by atoms with E-state index >= 15 is 0 Å². The highest BCUT2D eigenvalue weighted by Gasteiger charge is 2.07. The summed E-state index contributed by atoms with van der Waals surface area (Å²) in [5, 5.41) is 8.44. The number of methoxy groups -OCH3 is 2. The monoisotopic (exact) mass is 266 g/mol. The molecule has 1 aromatic heterocycles. The van der Waals surface area contributed by atoms with Gasteiger partial charge in [-0.2, -0.15) is 0 Å². The van der Waals surface area contributed by atoms with Gasteiger partial charge in [0, 0.05) is 7.11 Å². The smallest absolute Gasteiger partial charge is 0.278 e. The number of ether oxygens (including phenoxy) is 2. The second-order valence-corrected chi connectivity index (χ2v) is 4.41. The molecule has 1 heterocycles. The van der Waals surface area contributed by atoms with Crippen molar-refractivity contribution in [1.29, 1.82) is 0 Å². The van der Waals surface area contributed by atoms with Gasteiger partial charge in [-0.15, -0.1) is 10.2 Å². The largest absolute Gasteiger partial charge is 0.497 e. The summed E-state index contributed by atoms with van der Waals surface area (Å²) in [6.07, 6.45) is 0.595. The third-order valence-corrected chi connectivity index (χ3v) is 3.00. The van der Waals surface area contributed by atoms with Crippen LogP contribution in [0.2, 0.25) is 0 Å². The van der Waals surface area contributed by atoms with Crippen molar-refractivity contribution in [2.24, 2.45) is 0 Å². The maximum absolute atomic E-state index is 5.48. The first-order chi connectivity index (χ1) is 8.81. The maximum Gasteiger partial charge on any atom is 0.278 e. The number of aromatic nitrogens is 2. The first-order valence-corrected chi connectivity index (χ1v) is 6.37. The lowest BCUT2D eigenvalue weighted by molar-refractivity contribution is 0.257. The zero-order valence-electron chi connectivity index (χ0n) is 10.3. The number of thioether (sulfide) groups is 1. The molecule has 96 valence electrons. The van der Waals surface area contributed by atoms with Gasteiger partial charge in [0.1, 0.15) is 11.7 Å². The standard InChI is InChI=1S/C12H14N2O3S/c1-15-8-18-12-14-13-11(17-12)7-9-4-3-5-10(6-9)16-2/h3-6H,7-8H2,1-2H3. The first-order valence-electron chi connectivity index (χ1n) is 5.39. The third-order valence-electron chi connectivity index (χ3n) is 2.24. The molecule has 0 saturated carbocycles. The van der Waals surface area contributed by atoms with Crippen LogP contribution in [0.5, 0.6) is 5.75 Å². The van der Waals surface area contributed by atoms with E-state index < -0.39 is 0 Å². The van der Waals surface area contributed by atoms with Crippen molar-refractivity contribution in [2.75, 3.05) is 20.2 Å². The summed E-state index contributed by atoms with van der Waals surface area (Å²) in [6, 6.07) is 7.78. The Labute approximate surface area is 110 Å². The Kier molecular flexibility index (Phi) is 4.60. The molecule has 18 heavy (non-hydrogen) atoms. The van der Waals surface area contributed by atoms with Crippen molar-refractivity contribution in [3.63, 3.8) is 0 Å². The van der Waals surface area contributed by atoms with E-state index in [-0.39, 0.29) is 0 Å². The Balaban J connectivity index is 2.01. The van der Waals surface area contributed by atoms with Gasteiger partial charge in [-0.1, -0.05) is 12.1 Å². The van der Waals surface area contributed by atoms with Crippen molar-refractivity contribution in [1.82, 2.24) is 10.2 Å². The van der Waals surface area contributed by atoms with Crippen LogP contribution in [-0.2, 0) is 11.2 Å². The molecule has 0 saturated heterocycles. The minimum absolute atomic E-state index is 0.501. The molecule has 0 unspecified atom stereocenters. The predicted octanol–water partition coefficient (Wildman–Crippen LogP) is 2.37. The van der Waals surface area contributed by atoms with Crippen LogP contribution in [-0.4, -0.2) is 30.4 Å². The number of benzene rings is 1. The fourth-order valence-corrected chi connectivity index (χ4v) is 1.91. The van der Waals surface area contributed by atoms with Gasteiger partial charge >= 0.3 is 0 Å². The van der Waals surface area contributed by atoms with Crippen molar-refractivity contribution in [2.45, 2.75) is 11.6 Å². The van der Waals surface area contributed by atoms with Gasteiger partial charge in [0.15, 0.2) is 0 Å². The van der Waals surface area contributed by atoms with Crippen LogP contribution in [0.3, 0.4) is 0 Å². The number of rotatable bonds is 6. The van der Waals surface area contributed by atoms with Crippen LogP contribution >= 0.6 is 11.8 Å². The molecule has 0 amide bonds. The average molecular weight is 266 g/mol. The molecule has 0 spiro atoms. The molecule has 0 aliphatic heterocycles. The highest BCUT2D eigenvalue weighted by Crippen LogP contribution is 2.19. The summed E-state index contributed by atoms with van der Waals surface area (Å²) < 4.78 is 15.6. The van der Waals surface area contributed by atoms with Crippen LogP contribution in [0.25, 0.3) is 0 Å². The molecule has 0 N–H and O–H groups in total. The molecule has 5 nitrogen and oxygen atoms in total. The molecule has 0 atom stereocenters. The van der Waals surface area contributed by atoms with Gasteiger partial charge in [0.2, 0.25) is 5.89 Å². The fourth-order valence-electron chi connectivity index (χ4n) is 1.43. The second-order valence-electron chi connectivity index (χ2n) is 3.54. The quantitative estimate of drug-likeness (QED) is 0.591. The Hall–Kier alpha value is -1.53. The van der Waals surface area contributed by atoms with Crippen molar-refractivity contribution in [3.8, 4) is 5.75 Å². The Morgan fingerprint density at radius 3 is 2.94 bits per heavy atom. The Bertz CT molecular complexity index is 502. The van der Waals surface area contributed by atoms with E-state index in [0.29, 0.717) is 23.5 Å². The second kappa shape index (κ2) is 6.42. The summed E-state index contributed by atoms with van der Waals surface area (Å²) in [4.78, 5) is 0. The van der Waals surface area contributed by atoms with E-state index in [1.807, 2.05) is 24.3 Å². The molecule has 1 aromatic carbocycles. The lowest BCUT2D eigenvalue weighted by Gasteiger charge is -2.01. The minimum Gasteiger partial charge on any atom is -0.497 e. The van der Waals surface area contributed by atoms with Crippen LogP contribution in [0.4, 0.5) is 0 Å². The molecule has 0 aliphatic rings. The minimum atomic E-state index is 0.501. The molecular formula is C12H14N2O3S. The SMILES string of the molecule is COCSc1nnc(Cc2cccc(OC)c2)o1. The lowest BCUT2D eigenvalue weighted by Crippen LogP contribution is -1.90. The molecule has 0 fully saturated rings. The number of nitrogens with zero attached hydrogens (tertiary/aromatic N) is 2. The van der Waals surface area contributed by atoms with Gasteiger partial charge in [0.05, 0.1) is 13.5 Å². The molecule has 0 aliphatic carbocycles. The topological polar surface area (TPSA) is 57.4 Å². The summed E-state index contributed by atoms with van der Waals surface area (Å²) in [6.45, 7) is 0. The molecule has 2 aromatic rings. The molecule has 0 radical (unpaired) electrons. The molecule has 2 rings (SSSR count).